The second-order valence-electron chi connectivity index (χ2n) is 4.92. The molecule has 1 heterocycles. The summed E-state index contributed by atoms with van der Waals surface area (Å²) in [5, 5.41) is 6.21. The average Bonchev–Trinajstić information content (AvgIpc) is 2.47. The molecule has 2 rings (SSSR count). The molecule has 1 unspecified atom stereocenters. The number of morpholine rings is 1. The van der Waals surface area contributed by atoms with E-state index in [2.05, 4.69) is 29.0 Å². The zero-order chi connectivity index (χ0) is 14.2. The molecule has 0 aliphatic carbocycles. The van der Waals surface area contributed by atoms with Gasteiger partial charge in [0.1, 0.15) is 0 Å². The van der Waals surface area contributed by atoms with Crippen LogP contribution in [0.3, 0.4) is 0 Å². The number of anilines is 1. The fourth-order valence-electron chi connectivity index (χ4n) is 2.16. The van der Waals surface area contributed by atoms with E-state index in [9.17, 15) is 4.79 Å². The Labute approximate surface area is 124 Å². The topological polar surface area (TPSA) is 50.4 Å². The number of amides is 1. The lowest BCUT2D eigenvalue weighted by Crippen LogP contribution is -2.43. The van der Waals surface area contributed by atoms with Crippen molar-refractivity contribution in [3.8, 4) is 0 Å². The Morgan fingerprint density at radius 1 is 1.45 bits per heavy atom. The van der Waals surface area contributed by atoms with Crippen molar-refractivity contribution in [1.29, 1.82) is 0 Å². The van der Waals surface area contributed by atoms with E-state index in [0.717, 1.165) is 31.0 Å². The Bertz CT molecular complexity index is 416. The number of thioether (sulfide) groups is 1. The Morgan fingerprint density at radius 2 is 2.25 bits per heavy atom. The molecule has 1 atom stereocenters. The number of hydrogen-bond acceptors (Lipinski definition) is 4. The van der Waals surface area contributed by atoms with Gasteiger partial charge in [-0.2, -0.15) is 11.8 Å². The second-order valence-corrected chi connectivity index (χ2v) is 5.90. The van der Waals surface area contributed by atoms with Crippen molar-refractivity contribution in [3.05, 3.63) is 29.8 Å². The molecule has 4 nitrogen and oxygen atoms in total. The lowest BCUT2D eigenvalue weighted by atomic mass is 10.1. The Kier molecular flexibility index (Phi) is 6.36. The molecule has 0 spiro atoms. The van der Waals surface area contributed by atoms with E-state index in [1.807, 2.05) is 23.9 Å². The van der Waals surface area contributed by atoms with Gasteiger partial charge in [-0.1, -0.05) is 12.1 Å². The summed E-state index contributed by atoms with van der Waals surface area (Å²) < 4.78 is 5.34. The van der Waals surface area contributed by atoms with Gasteiger partial charge in [-0.3, -0.25) is 4.79 Å². The standard InChI is InChI=1S/C15H22N2O2S/c1-20-9-6-12-2-4-13(5-3-12)17-15(18)10-14-11-19-8-7-16-14/h2-5,14,16H,6-11H2,1H3,(H,17,18). The highest BCUT2D eigenvalue weighted by Crippen LogP contribution is 2.12. The van der Waals surface area contributed by atoms with Gasteiger partial charge in [0.05, 0.1) is 13.2 Å². The highest BCUT2D eigenvalue weighted by Gasteiger charge is 2.16. The normalized spacial score (nSPS) is 18.8. The first-order valence-electron chi connectivity index (χ1n) is 6.97. The number of carbonyl (C=O) groups is 1. The minimum Gasteiger partial charge on any atom is -0.378 e. The number of rotatable bonds is 6. The fraction of sp³-hybridized carbons (Fsp3) is 0.533. The summed E-state index contributed by atoms with van der Waals surface area (Å²) in [6.07, 6.45) is 3.63. The maximum atomic E-state index is 11.9. The predicted molar refractivity (Wildman–Crippen MR) is 84.4 cm³/mol. The molecule has 0 radical (unpaired) electrons. The fourth-order valence-corrected chi connectivity index (χ4v) is 2.60. The summed E-state index contributed by atoms with van der Waals surface area (Å²) >= 11 is 1.84. The quantitative estimate of drug-likeness (QED) is 0.841. The van der Waals surface area contributed by atoms with E-state index < -0.39 is 0 Å². The van der Waals surface area contributed by atoms with E-state index in [0.29, 0.717) is 13.0 Å². The Balaban J connectivity index is 1.78. The summed E-state index contributed by atoms with van der Waals surface area (Å²) in [6, 6.07) is 8.22. The van der Waals surface area contributed by atoms with Gasteiger partial charge in [0.25, 0.3) is 0 Å². The van der Waals surface area contributed by atoms with E-state index in [1.54, 1.807) is 0 Å². The largest absolute Gasteiger partial charge is 0.378 e. The van der Waals surface area contributed by atoms with Crippen molar-refractivity contribution in [2.24, 2.45) is 0 Å². The monoisotopic (exact) mass is 294 g/mol. The molecule has 20 heavy (non-hydrogen) atoms. The van der Waals surface area contributed by atoms with Crippen LogP contribution < -0.4 is 10.6 Å². The van der Waals surface area contributed by atoms with Gasteiger partial charge in [-0.05, 0) is 36.1 Å². The highest BCUT2D eigenvalue weighted by molar-refractivity contribution is 7.98. The van der Waals surface area contributed by atoms with Crippen LogP contribution in [0.5, 0.6) is 0 Å². The maximum absolute atomic E-state index is 11.9. The molecular formula is C15H22N2O2S. The molecule has 0 bridgehead atoms. The minimum atomic E-state index is 0.0323. The van der Waals surface area contributed by atoms with Crippen molar-refractivity contribution in [2.45, 2.75) is 18.9 Å². The van der Waals surface area contributed by atoms with Crippen LogP contribution in [0.1, 0.15) is 12.0 Å². The van der Waals surface area contributed by atoms with E-state index >= 15 is 0 Å². The Morgan fingerprint density at radius 3 is 2.90 bits per heavy atom. The van der Waals surface area contributed by atoms with Crippen molar-refractivity contribution in [2.75, 3.05) is 37.1 Å². The van der Waals surface area contributed by atoms with Crippen molar-refractivity contribution in [3.63, 3.8) is 0 Å². The molecule has 1 aliphatic heterocycles. The number of aryl methyl sites for hydroxylation is 1. The number of nitrogens with one attached hydrogen (secondary N) is 2. The summed E-state index contributed by atoms with van der Waals surface area (Å²) in [7, 11) is 0. The maximum Gasteiger partial charge on any atom is 0.226 e. The number of carbonyl (C=O) groups excluding carboxylic acids is 1. The molecule has 1 amide bonds. The summed E-state index contributed by atoms with van der Waals surface area (Å²) in [5.41, 5.74) is 2.17. The van der Waals surface area contributed by atoms with Crippen LogP contribution in [0, 0.1) is 0 Å². The van der Waals surface area contributed by atoms with Crippen LogP contribution in [-0.4, -0.2) is 43.7 Å². The number of ether oxygens (including phenoxy) is 1. The molecule has 1 fully saturated rings. The summed E-state index contributed by atoms with van der Waals surface area (Å²) in [6.45, 7) is 2.17. The van der Waals surface area contributed by atoms with Gasteiger partial charge in [0.2, 0.25) is 5.91 Å². The van der Waals surface area contributed by atoms with E-state index in [4.69, 9.17) is 4.74 Å². The average molecular weight is 294 g/mol. The van der Waals surface area contributed by atoms with Crippen LogP contribution in [-0.2, 0) is 16.0 Å². The molecule has 110 valence electrons. The first-order chi connectivity index (χ1) is 9.78. The molecule has 0 aromatic heterocycles. The van der Waals surface area contributed by atoms with Crippen molar-refractivity contribution < 1.29 is 9.53 Å². The Hall–Kier alpha value is -1.04. The molecule has 0 saturated carbocycles. The first-order valence-corrected chi connectivity index (χ1v) is 8.36. The van der Waals surface area contributed by atoms with E-state index in [-0.39, 0.29) is 11.9 Å². The van der Waals surface area contributed by atoms with Crippen LogP contribution in [0.15, 0.2) is 24.3 Å². The van der Waals surface area contributed by atoms with Crippen LogP contribution >= 0.6 is 11.8 Å². The van der Waals surface area contributed by atoms with Gasteiger partial charge in [-0.25, -0.2) is 0 Å². The van der Waals surface area contributed by atoms with Gasteiger partial charge in [-0.15, -0.1) is 0 Å². The summed E-state index contributed by atoms with van der Waals surface area (Å²) in [4.78, 5) is 11.9. The van der Waals surface area contributed by atoms with Gasteiger partial charge in [0, 0.05) is 24.7 Å². The third-order valence-corrected chi connectivity index (χ3v) is 3.88. The molecule has 5 heteroatoms. The smallest absolute Gasteiger partial charge is 0.226 e. The third kappa shape index (κ3) is 5.15. The number of hydrogen-bond donors (Lipinski definition) is 2. The molecule has 1 aromatic carbocycles. The van der Waals surface area contributed by atoms with Crippen molar-refractivity contribution >= 4 is 23.4 Å². The molecule has 1 saturated heterocycles. The lowest BCUT2D eigenvalue weighted by molar-refractivity contribution is -0.117. The highest BCUT2D eigenvalue weighted by atomic mass is 32.2. The van der Waals surface area contributed by atoms with Crippen LogP contribution in [0.25, 0.3) is 0 Å². The van der Waals surface area contributed by atoms with Crippen LogP contribution in [0.2, 0.25) is 0 Å². The first kappa shape index (κ1) is 15.4. The predicted octanol–water partition coefficient (Wildman–Crippen LogP) is 1.91. The lowest BCUT2D eigenvalue weighted by Gasteiger charge is -2.23. The molecule has 2 N–H and O–H groups in total. The van der Waals surface area contributed by atoms with Gasteiger partial charge >= 0.3 is 0 Å². The zero-order valence-electron chi connectivity index (χ0n) is 11.9. The van der Waals surface area contributed by atoms with E-state index in [1.165, 1.54) is 5.56 Å². The third-order valence-electron chi connectivity index (χ3n) is 3.26. The second kappa shape index (κ2) is 8.29. The summed E-state index contributed by atoms with van der Waals surface area (Å²) in [5.74, 6) is 1.16. The SMILES string of the molecule is CSCCc1ccc(NC(=O)CC2COCCN2)cc1. The van der Waals surface area contributed by atoms with Crippen molar-refractivity contribution in [1.82, 2.24) is 5.32 Å². The molecule has 1 aromatic rings. The molecule has 1 aliphatic rings. The van der Waals surface area contributed by atoms with Gasteiger partial charge < -0.3 is 15.4 Å². The van der Waals surface area contributed by atoms with Crippen LogP contribution in [0.4, 0.5) is 5.69 Å². The number of benzene rings is 1. The van der Waals surface area contributed by atoms with Gasteiger partial charge in [0.15, 0.2) is 0 Å². The molecular weight excluding hydrogens is 272 g/mol. The zero-order valence-corrected chi connectivity index (χ0v) is 12.7. The minimum absolute atomic E-state index is 0.0323.